The number of hydrogen-bond donors (Lipinski definition) is 0. The van der Waals surface area contributed by atoms with Crippen LogP contribution in [0.25, 0.3) is 0 Å². The molecule has 3 heterocycles. The van der Waals surface area contributed by atoms with Gasteiger partial charge in [0.1, 0.15) is 11.5 Å². The standard InChI is InChI=1S/C32H27N3O6S4/c1-30(18-33)17-32(45-29(43)41-22-12-8-5-9-13-22)27(37)34(3)31(2,44-28(42)40-21-10-6-4-7-11-21)26(36)35(32)25(30)20-14-15-23-24(16-20)39-19-38-23/h4-16,25H,17,19H2,1-3H3/t25-,30+,31-,32-/m0/s1. The van der Waals surface area contributed by atoms with Crippen LogP contribution in [-0.2, 0) is 9.59 Å². The van der Waals surface area contributed by atoms with Crippen LogP contribution < -0.4 is 18.9 Å². The Morgan fingerprint density at radius 2 is 1.47 bits per heavy atom. The van der Waals surface area contributed by atoms with E-state index in [0.717, 1.165) is 23.5 Å². The maximum Gasteiger partial charge on any atom is 0.261 e. The largest absolute Gasteiger partial charge is 0.454 e. The second-order valence-corrected chi connectivity index (χ2v) is 14.9. The molecule has 13 heteroatoms. The molecule has 2 amide bonds. The van der Waals surface area contributed by atoms with Crippen LogP contribution in [0, 0.1) is 16.7 Å². The predicted molar refractivity (Wildman–Crippen MR) is 179 cm³/mol. The first kappa shape index (κ1) is 31.2. The number of nitriles is 1. The van der Waals surface area contributed by atoms with Crippen molar-refractivity contribution in [2.75, 3.05) is 13.8 Å². The minimum atomic E-state index is -1.61. The second-order valence-electron chi connectivity index (χ2n) is 11.1. The monoisotopic (exact) mass is 677 g/mol. The van der Waals surface area contributed by atoms with Crippen molar-refractivity contribution in [1.29, 1.82) is 5.26 Å². The van der Waals surface area contributed by atoms with Crippen LogP contribution in [0.2, 0.25) is 0 Å². The summed E-state index contributed by atoms with van der Waals surface area (Å²) in [5.74, 6) is 1.17. The number of thioether (sulfide) groups is 2. The summed E-state index contributed by atoms with van der Waals surface area (Å²) in [6, 6.07) is 24.7. The quantitative estimate of drug-likeness (QED) is 0.285. The van der Waals surface area contributed by atoms with E-state index >= 15 is 0 Å². The van der Waals surface area contributed by atoms with Crippen molar-refractivity contribution in [1.82, 2.24) is 9.80 Å². The molecule has 3 aromatic rings. The molecule has 2 saturated heterocycles. The number of fused-ring (bicyclic) bond motifs is 2. The molecule has 9 nitrogen and oxygen atoms in total. The van der Waals surface area contributed by atoms with E-state index in [-0.39, 0.29) is 22.0 Å². The third-order valence-electron chi connectivity index (χ3n) is 8.14. The Labute approximate surface area is 279 Å². The second kappa shape index (κ2) is 11.8. The fraction of sp³-hybridized carbons (Fsp3) is 0.281. The highest BCUT2D eigenvalue weighted by Crippen LogP contribution is 2.63. The normalized spacial score (nSPS) is 26.7. The maximum absolute atomic E-state index is 15.0. The average Bonchev–Trinajstić information content (AvgIpc) is 3.60. The molecule has 3 aromatic carbocycles. The number of amides is 2. The fourth-order valence-corrected chi connectivity index (χ4v) is 9.17. The molecule has 6 rings (SSSR count). The summed E-state index contributed by atoms with van der Waals surface area (Å²) in [7, 11) is 1.55. The number of hydrogen-bond acceptors (Lipinski definition) is 11. The molecule has 0 aliphatic carbocycles. The number of benzene rings is 3. The van der Waals surface area contributed by atoms with E-state index in [1.165, 1.54) is 9.80 Å². The Morgan fingerprint density at radius 3 is 2.07 bits per heavy atom. The van der Waals surface area contributed by atoms with Crippen molar-refractivity contribution in [3.8, 4) is 29.1 Å². The van der Waals surface area contributed by atoms with Gasteiger partial charge in [-0.05, 0) is 104 Å². The lowest BCUT2D eigenvalue weighted by Crippen LogP contribution is -2.71. The summed E-state index contributed by atoms with van der Waals surface area (Å²) in [6.45, 7) is 3.44. The summed E-state index contributed by atoms with van der Waals surface area (Å²) >= 11 is 13.1. The van der Waals surface area contributed by atoms with Gasteiger partial charge in [-0.25, -0.2) is 0 Å². The average molecular weight is 678 g/mol. The van der Waals surface area contributed by atoms with Crippen LogP contribution in [-0.4, -0.2) is 54.0 Å². The maximum atomic E-state index is 15.0. The Hall–Kier alpha value is -3.83. The number of carbonyl (C=O) groups excluding carboxylic acids is 2. The van der Waals surface area contributed by atoms with Gasteiger partial charge in [0.25, 0.3) is 11.8 Å². The van der Waals surface area contributed by atoms with Crippen LogP contribution in [0.15, 0.2) is 78.9 Å². The van der Waals surface area contributed by atoms with Gasteiger partial charge in [0.15, 0.2) is 21.2 Å². The van der Waals surface area contributed by atoms with Crippen LogP contribution in [0.1, 0.15) is 31.9 Å². The van der Waals surface area contributed by atoms with Gasteiger partial charge in [-0.2, -0.15) is 5.26 Å². The van der Waals surface area contributed by atoms with E-state index in [0.29, 0.717) is 28.6 Å². The van der Waals surface area contributed by atoms with Gasteiger partial charge in [-0.15, -0.1) is 0 Å². The minimum Gasteiger partial charge on any atom is -0.454 e. The van der Waals surface area contributed by atoms with E-state index < -0.39 is 33.0 Å². The summed E-state index contributed by atoms with van der Waals surface area (Å²) in [6.07, 6.45) is -0.0147. The molecule has 45 heavy (non-hydrogen) atoms. The van der Waals surface area contributed by atoms with Gasteiger partial charge in [-0.3, -0.25) is 9.59 Å². The van der Waals surface area contributed by atoms with Gasteiger partial charge in [0.2, 0.25) is 15.6 Å². The van der Waals surface area contributed by atoms with Gasteiger partial charge < -0.3 is 28.7 Å². The lowest BCUT2D eigenvalue weighted by molar-refractivity contribution is -0.163. The number of rotatable bonds is 5. The van der Waals surface area contributed by atoms with Gasteiger partial charge in [0, 0.05) is 13.5 Å². The Bertz CT molecular complexity index is 1740. The zero-order chi connectivity index (χ0) is 32.0. The first-order chi connectivity index (χ1) is 21.5. The highest BCUT2D eigenvalue weighted by Gasteiger charge is 2.72. The molecule has 0 N–H and O–H groups in total. The van der Waals surface area contributed by atoms with Crippen molar-refractivity contribution >= 4 is 68.5 Å². The smallest absolute Gasteiger partial charge is 0.261 e. The zero-order valence-corrected chi connectivity index (χ0v) is 27.7. The van der Waals surface area contributed by atoms with Crippen LogP contribution >= 0.6 is 48.0 Å². The Morgan fingerprint density at radius 1 is 0.889 bits per heavy atom. The molecule has 230 valence electrons. The first-order valence-electron chi connectivity index (χ1n) is 13.9. The Balaban J connectivity index is 1.44. The topological polar surface area (TPSA) is 101 Å². The van der Waals surface area contributed by atoms with Crippen molar-refractivity contribution in [2.45, 2.75) is 36.1 Å². The lowest BCUT2D eigenvalue weighted by atomic mass is 9.79. The molecular formula is C32H27N3O6S4. The Kier molecular flexibility index (Phi) is 8.19. The number of para-hydroxylation sites is 2. The summed E-state index contributed by atoms with van der Waals surface area (Å²) < 4.78 is 23.0. The van der Waals surface area contributed by atoms with Crippen molar-refractivity contribution in [2.24, 2.45) is 5.41 Å². The predicted octanol–water partition coefficient (Wildman–Crippen LogP) is 6.30. The number of ether oxygens (including phenoxy) is 4. The molecular weight excluding hydrogens is 651 g/mol. The van der Waals surface area contributed by atoms with E-state index in [2.05, 4.69) is 6.07 Å². The molecule has 0 radical (unpaired) electrons. The number of piperazine rings is 1. The van der Waals surface area contributed by atoms with Gasteiger partial charge in [-0.1, -0.05) is 42.5 Å². The molecule has 0 bridgehead atoms. The van der Waals surface area contributed by atoms with E-state index in [9.17, 15) is 14.9 Å². The summed E-state index contributed by atoms with van der Waals surface area (Å²) in [5, 5.41) is 10.7. The molecule has 3 aliphatic heterocycles. The van der Waals surface area contributed by atoms with E-state index in [4.69, 9.17) is 43.4 Å². The number of carbonyl (C=O) groups is 2. The molecule has 4 atom stereocenters. The lowest BCUT2D eigenvalue weighted by Gasteiger charge is -2.52. The van der Waals surface area contributed by atoms with E-state index in [1.807, 2.05) is 12.1 Å². The first-order valence-corrected chi connectivity index (χ1v) is 16.3. The molecule has 0 saturated carbocycles. The molecule has 2 fully saturated rings. The fourth-order valence-electron chi connectivity index (χ4n) is 5.91. The SMILES string of the molecule is CN1C(=O)[C@@]2(SC(=S)Oc3ccccc3)C[C@](C)(C#N)[C@H](c3ccc4c(c3)OCO4)N2C(=O)[C@]1(C)SC(=S)Oc1ccccc1. The van der Waals surface area contributed by atoms with Crippen molar-refractivity contribution in [3.05, 3.63) is 84.4 Å². The third kappa shape index (κ3) is 5.39. The van der Waals surface area contributed by atoms with Crippen LogP contribution in [0.5, 0.6) is 23.0 Å². The molecule has 0 aromatic heterocycles. The van der Waals surface area contributed by atoms with Crippen LogP contribution in [0.3, 0.4) is 0 Å². The van der Waals surface area contributed by atoms with Gasteiger partial charge in [0.05, 0.1) is 17.5 Å². The number of nitrogens with zero attached hydrogens (tertiary/aromatic N) is 3. The third-order valence-corrected chi connectivity index (χ3v) is 11.0. The van der Waals surface area contributed by atoms with Crippen molar-refractivity contribution in [3.63, 3.8) is 0 Å². The summed E-state index contributed by atoms with van der Waals surface area (Å²) in [4.78, 5) is 29.4. The highest BCUT2D eigenvalue weighted by atomic mass is 32.2. The minimum absolute atomic E-state index is 0.0147. The highest BCUT2D eigenvalue weighted by molar-refractivity contribution is 8.24. The number of thiocarbonyl (C=S) groups is 2. The van der Waals surface area contributed by atoms with Gasteiger partial charge >= 0.3 is 0 Å². The molecule has 0 unspecified atom stereocenters. The molecule has 3 aliphatic rings. The van der Waals surface area contributed by atoms with Crippen molar-refractivity contribution < 1.29 is 28.5 Å². The molecule has 0 spiro atoms. The number of likely N-dealkylation sites (N-methyl/N-ethyl adjacent to an activating group) is 1. The van der Waals surface area contributed by atoms with E-state index in [1.54, 1.807) is 87.6 Å². The van der Waals surface area contributed by atoms with Crippen LogP contribution in [0.4, 0.5) is 0 Å². The summed E-state index contributed by atoms with van der Waals surface area (Å²) in [5.41, 5.74) is -0.603. The zero-order valence-electron chi connectivity index (χ0n) is 24.4.